The Bertz CT molecular complexity index is 759. The fourth-order valence-corrected chi connectivity index (χ4v) is 2.46. The van der Waals surface area contributed by atoms with Gasteiger partial charge in [-0.15, -0.1) is 0 Å². The molecule has 0 radical (unpaired) electrons. The van der Waals surface area contributed by atoms with Crippen molar-refractivity contribution in [1.29, 1.82) is 0 Å². The summed E-state index contributed by atoms with van der Waals surface area (Å²) in [5, 5.41) is 2.68. The van der Waals surface area contributed by atoms with Crippen LogP contribution in [0.3, 0.4) is 0 Å². The number of benzene rings is 2. The number of nitrogens with one attached hydrogen (secondary N) is 1. The molecule has 1 amide bonds. The molecule has 0 aliphatic rings. The standard InChI is InChI=1S/C21H22FNO3/c1-2-26-21(25)18(14-16-8-4-3-5-9-16)15-23-20(24)13-12-17-10-6-7-11-19(17)22/h3-13,18H,2,14-15H2,1H3,(H,23,24)/b13-12+. The largest absolute Gasteiger partial charge is 0.466 e. The van der Waals surface area contributed by atoms with Crippen LogP contribution in [-0.2, 0) is 20.7 Å². The molecule has 1 atom stereocenters. The Balaban J connectivity index is 1.96. The molecular formula is C21H22FNO3. The predicted molar refractivity (Wildman–Crippen MR) is 98.7 cm³/mol. The minimum atomic E-state index is -0.483. The van der Waals surface area contributed by atoms with Crippen LogP contribution in [0.25, 0.3) is 6.08 Å². The molecule has 26 heavy (non-hydrogen) atoms. The summed E-state index contributed by atoms with van der Waals surface area (Å²) in [4.78, 5) is 24.1. The molecule has 0 aromatic heterocycles. The molecule has 2 rings (SSSR count). The first kappa shape index (κ1) is 19.4. The van der Waals surface area contributed by atoms with E-state index in [1.54, 1.807) is 25.1 Å². The first-order valence-electron chi connectivity index (χ1n) is 8.51. The molecule has 5 heteroatoms. The maximum atomic E-state index is 13.5. The minimum Gasteiger partial charge on any atom is -0.466 e. The second kappa shape index (κ2) is 10.1. The number of amides is 1. The molecule has 1 N–H and O–H groups in total. The van der Waals surface area contributed by atoms with Gasteiger partial charge < -0.3 is 10.1 Å². The van der Waals surface area contributed by atoms with Gasteiger partial charge in [0.05, 0.1) is 12.5 Å². The molecule has 2 aromatic carbocycles. The maximum absolute atomic E-state index is 13.5. The molecule has 136 valence electrons. The molecular weight excluding hydrogens is 333 g/mol. The first-order chi connectivity index (χ1) is 12.6. The number of halogens is 1. The van der Waals surface area contributed by atoms with Crippen LogP contribution in [0, 0.1) is 11.7 Å². The molecule has 0 fully saturated rings. The lowest BCUT2D eigenvalue weighted by Gasteiger charge is -2.16. The average molecular weight is 355 g/mol. The van der Waals surface area contributed by atoms with Crippen LogP contribution in [-0.4, -0.2) is 25.0 Å². The van der Waals surface area contributed by atoms with Crippen molar-refractivity contribution in [3.63, 3.8) is 0 Å². The van der Waals surface area contributed by atoms with Crippen molar-refractivity contribution in [2.24, 2.45) is 5.92 Å². The van der Waals surface area contributed by atoms with Gasteiger partial charge in [-0.25, -0.2) is 4.39 Å². The highest BCUT2D eigenvalue weighted by molar-refractivity contribution is 5.92. The fraction of sp³-hybridized carbons (Fsp3) is 0.238. The maximum Gasteiger partial charge on any atom is 0.311 e. The van der Waals surface area contributed by atoms with Gasteiger partial charge in [0.1, 0.15) is 5.82 Å². The van der Waals surface area contributed by atoms with Crippen LogP contribution < -0.4 is 5.32 Å². The van der Waals surface area contributed by atoms with Gasteiger partial charge >= 0.3 is 5.97 Å². The predicted octanol–water partition coefficient (Wildman–Crippen LogP) is 3.38. The summed E-state index contributed by atoms with van der Waals surface area (Å²) in [5.74, 6) is -1.63. The number of ether oxygens (including phenoxy) is 1. The lowest BCUT2D eigenvalue weighted by Crippen LogP contribution is -2.34. The van der Waals surface area contributed by atoms with Crippen molar-refractivity contribution in [3.05, 3.63) is 77.6 Å². The highest BCUT2D eigenvalue weighted by Crippen LogP contribution is 2.11. The summed E-state index contributed by atoms with van der Waals surface area (Å²) in [7, 11) is 0. The van der Waals surface area contributed by atoms with Crippen LogP contribution in [0.5, 0.6) is 0 Å². The average Bonchev–Trinajstić information content (AvgIpc) is 2.65. The topological polar surface area (TPSA) is 55.4 Å². The van der Waals surface area contributed by atoms with E-state index in [1.807, 2.05) is 30.3 Å². The Morgan fingerprint density at radius 3 is 2.50 bits per heavy atom. The zero-order valence-electron chi connectivity index (χ0n) is 14.7. The number of hydrogen-bond acceptors (Lipinski definition) is 3. The van der Waals surface area contributed by atoms with E-state index in [0.717, 1.165) is 5.56 Å². The molecule has 1 unspecified atom stereocenters. The lowest BCUT2D eigenvalue weighted by molar-refractivity contribution is -0.147. The number of carbonyl (C=O) groups excluding carboxylic acids is 2. The highest BCUT2D eigenvalue weighted by atomic mass is 19.1. The van der Waals surface area contributed by atoms with Crippen molar-refractivity contribution in [2.45, 2.75) is 13.3 Å². The summed E-state index contributed by atoms with van der Waals surface area (Å²) in [5.41, 5.74) is 1.32. The van der Waals surface area contributed by atoms with Gasteiger partial charge in [0, 0.05) is 18.2 Å². The summed E-state index contributed by atoms with van der Waals surface area (Å²) < 4.78 is 18.6. The van der Waals surface area contributed by atoms with Gasteiger partial charge in [-0.2, -0.15) is 0 Å². The molecule has 0 saturated heterocycles. The summed E-state index contributed by atoms with van der Waals surface area (Å²) in [6.45, 7) is 2.17. The molecule has 0 spiro atoms. The number of esters is 1. The third-order valence-electron chi connectivity index (χ3n) is 3.79. The molecule has 4 nitrogen and oxygen atoms in total. The second-order valence-corrected chi connectivity index (χ2v) is 5.74. The highest BCUT2D eigenvalue weighted by Gasteiger charge is 2.20. The van der Waals surface area contributed by atoms with Crippen molar-refractivity contribution in [1.82, 2.24) is 5.32 Å². The van der Waals surface area contributed by atoms with E-state index >= 15 is 0 Å². The Morgan fingerprint density at radius 1 is 1.12 bits per heavy atom. The summed E-state index contributed by atoms with van der Waals surface area (Å²) >= 11 is 0. The van der Waals surface area contributed by atoms with E-state index < -0.39 is 17.6 Å². The van der Waals surface area contributed by atoms with Crippen LogP contribution in [0.15, 0.2) is 60.7 Å². The molecule has 0 aliphatic heterocycles. The molecule has 0 heterocycles. The number of rotatable bonds is 8. The van der Waals surface area contributed by atoms with Gasteiger partial charge in [-0.3, -0.25) is 9.59 Å². The number of hydrogen-bond donors (Lipinski definition) is 1. The van der Waals surface area contributed by atoms with Crippen molar-refractivity contribution in [2.75, 3.05) is 13.2 Å². The Kier molecular flexibility index (Phi) is 7.55. The van der Waals surface area contributed by atoms with Gasteiger partial charge in [0.2, 0.25) is 5.91 Å². The van der Waals surface area contributed by atoms with Crippen molar-refractivity contribution in [3.8, 4) is 0 Å². The molecule has 0 bridgehead atoms. The fourth-order valence-electron chi connectivity index (χ4n) is 2.46. The third-order valence-corrected chi connectivity index (χ3v) is 3.79. The minimum absolute atomic E-state index is 0.147. The van der Waals surface area contributed by atoms with Crippen molar-refractivity contribution < 1.29 is 18.7 Å². The van der Waals surface area contributed by atoms with Gasteiger partial charge in [0.25, 0.3) is 0 Å². The Morgan fingerprint density at radius 2 is 1.81 bits per heavy atom. The van der Waals surface area contributed by atoms with Gasteiger partial charge in [0.15, 0.2) is 0 Å². The first-order valence-corrected chi connectivity index (χ1v) is 8.51. The smallest absolute Gasteiger partial charge is 0.311 e. The van der Waals surface area contributed by atoms with Gasteiger partial charge in [-0.05, 0) is 31.1 Å². The zero-order chi connectivity index (χ0) is 18.8. The van der Waals surface area contributed by atoms with Crippen LogP contribution >= 0.6 is 0 Å². The normalized spacial score (nSPS) is 11.9. The van der Waals surface area contributed by atoms with E-state index in [9.17, 15) is 14.0 Å². The van der Waals surface area contributed by atoms with Crippen LogP contribution in [0.1, 0.15) is 18.1 Å². The SMILES string of the molecule is CCOC(=O)C(CNC(=O)/C=C/c1ccccc1F)Cc1ccccc1. The zero-order valence-corrected chi connectivity index (χ0v) is 14.7. The molecule has 0 aliphatic carbocycles. The third kappa shape index (κ3) is 6.16. The van der Waals surface area contributed by atoms with E-state index in [0.29, 0.717) is 12.0 Å². The lowest BCUT2D eigenvalue weighted by atomic mass is 9.99. The Labute approximate surface area is 152 Å². The monoisotopic (exact) mass is 355 g/mol. The quantitative estimate of drug-likeness (QED) is 0.583. The summed E-state index contributed by atoms with van der Waals surface area (Å²) in [6.07, 6.45) is 3.13. The van der Waals surface area contributed by atoms with E-state index in [2.05, 4.69) is 5.32 Å². The van der Waals surface area contributed by atoms with Gasteiger partial charge in [-0.1, -0.05) is 48.5 Å². The number of carbonyl (C=O) groups is 2. The Hall–Kier alpha value is -2.95. The van der Waals surface area contributed by atoms with E-state index in [-0.39, 0.29) is 19.1 Å². The second-order valence-electron chi connectivity index (χ2n) is 5.74. The van der Waals surface area contributed by atoms with E-state index in [1.165, 1.54) is 18.2 Å². The molecule has 2 aromatic rings. The summed E-state index contributed by atoms with van der Waals surface area (Å²) in [6, 6.07) is 15.7. The molecule has 0 saturated carbocycles. The van der Waals surface area contributed by atoms with Crippen LogP contribution in [0.4, 0.5) is 4.39 Å². The van der Waals surface area contributed by atoms with Crippen molar-refractivity contribution >= 4 is 18.0 Å². The van der Waals surface area contributed by atoms with Crippen LogP contribution in [0.2, 0.25) is 0 Å². The van der Waals surface area contributed by atoms with E-state index in [4.69, 9.17) is 4.74 Å².